The van der Waals surface area contributed by atoms with Gasteiger partial charge in [0.1, 0.15) is 11.5 Å². The van der Waals surface area contributed by atoms with Crippen LogP contribution < -0.4 is 10.6 Å². The Morgan fingerprint density at radius 1 is 0.759 bits per heavy atom. The van der Waals surface area contributed by atoms with Crippen LogP contribution in [-0.2, 0) is 5.41 Å². The van der Waals surface area contributed by atoms with Gasteiger partial charge < -0.3 is 20.8 Å². The molecule has 1 aliphatic rings. The molecule has 1 aliphatic heterocycles. The maximum atomic E-state index is 14.2. The number of phenolic OH excluding ortho intramolecular Hbond substituents is 2. The van der Waals surface area contributed by atoms with Crippen LogP contribution in [0.4, 0.5) is 37.7 Å². The van der Waals surface area contributed by atoms with Gasteiger partial charge in [-0.1, -0.05) is 12.1 Å². The Bertz CT molecular complexity index is 891. The standard InChI is InChI=1S/C19H18F6N2O2/c20-18(21,22)17(19(23,24)25,11-3-5-15(28)13(26)9-11)12-4-6-16(29)14(10-12)27-7-1-2-8-27/h3-6,9-10,28-29H,1-2,7-8,26H2. The minimum atomic E-state index is -5.78. The summed E-state index contributed by atoms with van der Waals surface area (Å²) in [5, 5.41) is 19.5. The summed E-state index contributed by atoms with van der Waals surface area (Å²) in [6, 6.07) is 3.88. The maximum absolute atomic E-state index is 14.2. The first kappa shape index (κ1) is 20.9. The van der Waals surface area contributed by atoms with Gasteiger partial charge >= 0.3 is 12.4 Å². The molecule has 3 rings (SSSR count). The molecule has 1 heterocycles. The predicted molar refractivity (Wildman–Crippen MR) is 95.0 cm³/mol. The predicted octanol–water partition coefficient (Wildman–Crippen LogP) is 4.69. The lowest BCUT2D eigenvalue weighted by molar-refractivity contribution is -0.288. The molecule has 1 fully saturated rings. The van der Waals surface area contributed by atoms with Gasteiger partial charge in [-0.2, -0.15) is 26.3 Å². The summed E-state index contributed by atoms with van der Waals surface area (Å²) in [4.78, 5) is 1.54. The van der Waals surface area contributed by atoms with Crippen LogP contribution in [0.15, 0.2) is 36.4 Å². The van der Waals surface area contributed by atoms with E-state index in [0.717, 1.165) is 12.1 Å². The third-order valence-electron chi connectivity index (χ3n) is 5.17. The minimum Gasteiger partial charge on any atom is -0.506 e. The molecule has 158 valence electrons. The van der Waals surface area contributed by atoms with Gasteiger partial charge in [0.25, 0.3) is 0 Å². The van der Waals surface area contributed by atoms with E-state index < -0.39 is 46.1 Å². The molecule has 0 saturated carbocycles. The summed E-state index contributed by atoms with van der Waals surface area (Å²) < 4.78 is 85.1. The summed E-state index contributed by atoms with van der Waals surface area (Å²) in [6.07, 6.45) is -10.1. The lowest BCUT2D eigenvalue weighted by atomic mass is 9.72. The molecule has 2 aromatic rings. The number of aromatic hydroxyl groups is 2. The van der Waals surface area contributed by atoms with Gasteiger partial charge in [0.15, 0.2) is 0 Å². The van der Waals surface area contributed by atoms with E-state index in [2.05, 4.69) is 0 Å². The number of phenols is 2. The third-order valence-corrected chi connectivity index (χ3v) is 5.17. The van der Waals surface area contributed by atoms with E-state index in [1.165, 1.54) is 0 Å². The van der Waals surface area contributed by atoms with Crippen molar-refractivity contribution in [2.75, 3.05) is 23.7 Å². The number of hydrogen-bond acceptors (Lipinski definition) is 4. The fraction of sp³-hybridized carbons (Fsp3) is 0.368. The summed E-state index contributed by atoms with van der Waals surface area (Å²) in [7, 11) is 0. The highest BCUT2D eigenvalue weighted by Crippen LogP contribution is 2.57. The largest absolute Gasteiger partial charge is 0.506 e. The van der Waals surface area contributed by atoms with E-state index in [1.807, 2.05) is 0 Å². The molecule has 4 nitrogen and oxygen atoms in total. The number of alkyl halides is 6. The molecule has 0 radical (unpaired) electrons. The molecule has 1 saturated heterocycles. The first-order valence-electron chi connectivity index (χ1n) is 8.70. The van der Waals surface area contributed by atoms with Crippen LogP contribution in [0, 0.1) is 0 Å². The highest BCUT2D eigenvalue weighted by molar-refractivity contribution is 5.64. The van der Waals surface area contributed by atoms with Crippen LogP contribution in [-0.4, -0.2) is 35.7 Å². The molecule has 0 unspecified atom stereocenters. The zero-order chi connectivity index (χ0) is 21.6. The maximum Gasteiger partial charge on any atom is 0.411 e. The van der Waals surface area contributed by atoms with Crippen LogP contribution in [0.25, 0.3) is 0 Å². The number of hydrogen-bond donors (Lipinski definition) is 3. The smallest absolute Gasteiger partial charge is 0.411 e. The number of nitrogens with zero attached hydrogens (tertiary/aromatic N) is 1. The molecular weight excluding hydrogens is 402 g/mol. The summed E-state index contributed by atoms with van der Waals surface area (Å²) >= 11 is 0. The van der Waals surface area contributed by atoms with Gasteiger partial charge in [-0.3, -0.25) is 0 Å². The van der Waals surface area contributed by atoms with Crippen molar-refractivity contribution in [3.05, 3.63) is 47.5 Å². The fourth-order valence-electron chi connectivity index (χ4n) is 3.74. The van der Waals surface area contributed by atoms with E-state index in [4.69, 9.17) is 5.73 Å². The average molecular weight is 420 g/mol. The third kappa shape index (κ3) is 3.30. The van der Waals surface area contributed by atoms with Gasteiger partial charge in [-0.25, -0.2) is 0 Å². The van der Waals surface area contributed by atoms with Crippen molar-refractivity contribution in [2.24, 2.45) is 0 Å². The quantitative estimate of drug-likeness (QED) is 0.383. The van der Waals surface area contributed by atoms with Crippen molar-refractivity contribution in [3.63, 3.8) is 0 Å². The van der Waals surface area contributed by atoms with E-state index in [9.17, 15) is 36.6 Å². The van der Waals surface area contributed by atoms with Gasteiger partial charge in [-0.05, 0) is 48.2 Å². The van der Waals surface area contributed by atoms with Crippen LogP contribution in [0.1, 0.15) is 24.0 Å². The number of nitrogen functional groups attached to an aromatic ring is 1. The Hall–Kier alpha value is -2.78. The van der Waals surface area contributed by atoms with Gasteiger partial charge in [0.2, 0.25) is 5.41 Å². The first-order valence-corrected chi connectivity index (χ1v) is 8.70. The van der Waals surface area contributed by atoms with Crippen LogP contribution in [0.2, 0.25) is 0 Å². The second kappa shape index (κ2) is 6.93. The molecule has 2 aromatic carbocycles. The Labute approximate surface area is 162 Å². The van der Waals surface area contributed by atoms with E-state index in [1.54, 1.807) is 4.90 Å². The second-order valence-corrected chi connectivity index (χ2v) is 6.92. The highest BCUT2D eigenvalue weighted by Gasteiger charge is 2.72. The Morgan fingerprint density at radius 2 is 1.24 bits per heavy atom. The van der Waals surface area contributed by atoms with Crippen molar-refractivity contribution in [1.82, 2.24) is 0 Å². The van der Waals surface area contributed by atoms with E-state index in [0.29, 0.717) is 50.2 Å². The Kier molecular flexibility index (Phi) is 5.00. The van der Waals surface area contributed by atoms with Crippen LogP contribution in [0.3, 0.4) is 0 Å². The number of nitrogens with two attached hydrogens (primary N) is 1. The van der Waals surface area contributed by atoms with Crippen molar-refractivity contribution in [1.29, 1.82) is 0 Å². The summed E-state index contributed by atoms with van der Waals surface area (Å²) in [5.74, 6) is -1.03. The molecule has 0 aliphatic carbocycles. The number of rotatable bonds is 3. The van der Waals surface area contributed by atoms with E-state index >= 15 is 0 Å². The van der Waals surface area contributed by atoms with Gasteiger partial charge in [-0.15, -0.1) is 0 Å². The fourth-order valence-corrected chi connectivity index (χ4v) is 3.74. The summed E-state index contributed by atoms with van der Waals surface area (Å²) in [6.45, 7) is 0.822. The lowest BCUT2D eigenvalue weighted by Crippen LogP contribution is -2.54. The Morgan fingerprint density at radius 3 is 1.72 bits per heavy atom. The molecule has 0 spiro atoms. The first-order chi connectivity index (χ1) is 13.4. The van der Waals surface area contributed by atoms with Crippen LogP contribution >= 0.6 is 0 Å². The molecule has 29 heavy (non-hydrogen) atoms. The highest BCUT2D eigenvalue weighted by atomic mass is 19.4. The van der Waals surface area contributed by atoms with Crippen molar-refractivity contribution < 1.29 is 36.6 Å². The normalized spacial score (nSPS) is 15.7. The van der Waals surface area contributed by atoms with Gasteiger partial charge in [0, 0.05) is 13.1 Å². The number of anilines is 2. The second-order valence-electron chi connectivity index (χ2n) is 6.92. The van der Waals surface area contributed by atoms with Crippen molar-refractivity contribution in [3.8, 4) is 11.5 Å². The molecule has 0 bridgehead atoms. The zero-order valence-electron chi connectivity index (χ0n) is 15.0. The molecule has 0 atom stereocenters. The zero-order valence-corrected chi connectivity index (χ0v) is 15.0. The van der Waals surface area contributed by atoms with Crippen molar-refractivity contribution in [2.45, 2.75) is 30.6 Å². The average Bonchev–Trinajstić information content (AvgIpc) is 3.11. The molecule has 4 N–H and O–H groups in total. The lowest BCUT2D eigenvalue weighted by Gasteiger charge is -2.39. The topological polar surface area (TPSA) is 69.7 Å². The van der Waals surface area contributed by atoms with Gasteiger partial charge in [0.05, 0.1) is 11.4 Å². The molecular formula is C19H18F6N2O2. The number of halogens is 6. The van der Waals surface area contributed by atoms with E-state index in [-0.39, 0.29) is 5.69 Å². The van der Waals surface area contributed by atoms with Crippen LogP contribution in [0.5, 0.6) is 11.5 Å². The molecule has 0 amide bonds. The molecule has 10 heteroatoms. The minimum absolute atomic E-state index is 0.0929. The Balaban J connectivity index is 2.34. The van der Waals surface area contributed by atoms with Crippen molar-refractivity contribution >= 4 is 11.4 Å². The number of benzene rings is 2. The molecule has 0 aromatic heterocycles. The summed E-state index contributed by atoms with van der Waals surface area (Å²) in [5.41, 5.74) is -1.97. The SMILES string of the molecule is Nc1cc(C(c2ccc(O)c(N3CCCC3)c2)(C(F)(F)F)C(F)(F)F)ccc1O. The monoisotopic (exact) mass is 420 g/mol.